The molecule has 3 nitrogen and oxygen atoms in total. The van der Waals surface area contributed by atoms with Gasteiger partial charge in [-0.3, -0.25) is 0 Å². The van der Waals surface area contributed by atoms with Crippen molar-refractivity contribution in [2.24, 2.45) is 0 Å². The molecule has 0 rings (SSSR count). The van der Waals surface area contributed by atoms with Crippen molar-refractivity contribution in [2.75, 3.05) is 0 Å². The molecule has 0 radical (unpaired) electrons. The van der Waals surface area contributed by atoms with Crippen LogP contribution < -0.4 is 29.6 Å². The topological polar surface area (TPSA) is 60.7 Å². The van der Waals surface area contributed by atoms with Gasteiger partial charge >= 0.3 is 36.3 Å². The summed E-state index contributed by atoms with van der Waals surface area (Å²) in [5.41, 5.74) is 0. The van der Waals surface area contributed by atoms with E-state index in [0.29, 0.717) is 0 Å². The zero-order chi connectivity index (χ0) is 17.8. The van der Waals surface area contributed by atoms with Crippen LogP contribution in [0.3, 0.4) is 0 Å². The van der Waals surface area contributed by atoms with Gasteiger partial charge in [-0.1, -0.05) is 103 Å². The molecule has 0 atom stereocenters. The zero-order valence-corrected chi connectivity index (χ0v) is 19.9. The number of rotatable bonds is 15. The first-order valence-electron chi connectivity index (χ1n) is 9.49. The van der Waals surface area contributed by atoms with E-state index in [9.17, 15) is 0 Å². The summed E-state index contributed by atoms with van der Waals surface area (Å²) in [6, 6.07) is 0. The third kappa shape index (κ3) is 43.7. The molecule has 0 spiro atoms. The van der Waals surface area contributed by atoms with E-state index in [4.69, 9.17) is 14.7 Å². The quantitative estimate of drug-likeness (QED) is 0.174. The number of hydrogen-bond donors (Lipinski definition) is 3. The maximum atomic E-state index is 7.56. The second-order valence-corrected chi connectivity index (χ2v) is 8.81. The second-order valence-electron chi connectivity index (χ2n) is 6.32. The molecule has 0 fully saturated rings. The monoisotopic (exact) mass is 390 g/mol. The van der Waals surface area contributed by atoms with Crippen LogP contribution in [0.25, 0.3) is 0 Å². The number of hydrogen-bond acceptors (Lipinski definition) is 1. The molecule has 0 amide bonds. The van der Waals surface area contributed by atoms with Crippen molar-refractivity contribution >= 4 is 18.5 Å². The van der Waals surface area contributed by atoms with Crippen molar-refractivity contribution in [3.05, 3.63) is 6.92 Å². The largest absolute Gasteiger partial charge is 1.00 e. The van der Waals surface area contributed by atoms with E-state index in [1.807, 2.05) is 0 Å². The van der Waals surface area contributed by atoms with Gasteiger partial charge in [-0.25, -0.2) is 0 Å². The maximum absolute atomic E-state index is 7.56. The molecule has 0 aromatic carbocycles. The summed E-state index contributed by atoms with van der Waals surface area (Å²) in [6.07, 6.45) is 22.8. The minimum atomic E-state index is -3.81. The summed E-state index contributed by atoms with van der Waals surface area (Å²) in [7, 11) is 0. The van der Waals surface area contributed by atoms with Crippen molar-refractivity contribution < 1.29 is 44.2 Å². The van der Waals surface area contributed by atoms with Crippen LogP contribution in [0.15, 0.2) is 0 Å². The summed E-state index contributed by atoms with van der Waals surface area (Å²) < 4.78 is 0. The first kappa shape index (κ1) is 30.3. The van der Waals surface area contributed by atoms with E-state index >= 15 is 0 Å². The molecule has 6 heteroatoms. The Bertz CT molecular complexity index is 238. The fraction of sp³-hybridized carbons (Fsp3) is 0.944. The van der Waals surface area contributed by atoms with Gasteiger partial charge in [0.1, 0.15) is 0 Å². The van der Waals surface area contributed by atoms with E-state index in [-0.39, 0.29) is 29.6 Å². The second kappa shape index (κ2) is 24.5. The van der Waals surface area contributed by atoms with Crippen molar-refractivity contribution in [1.29, 1.82) is 0 Å². The van der Waals surface area contributed by atoms with Gasteiger partial charge in [0, 0.05) is 0 Å². The van der Waals surface area contributed by atoms with Gasteiger partial charge in [0.05, 0.1) is 0 Å². The van der Waals surface area contributed by atoms with E-state index in [1.165, 1.54) is 96.3 Å². The minimum absolute atomic E-state index is 0. The molecule has 0 heterocycles. The third-order valence-corrected chi connectivity index (χ3v) is 3.85. The Hall–Kier alpha value is 1.53. The Balaban J connectivity index is -0.000000639. The SMILES string of the molecule is OP(O)(O)=S.[CH2-]CCCCCCCCCCCCCCCCC.[Na+]. The molecule has 0 saturated carbocycles. The molecular formula is C18H40NaO3PS. The van der Waals surface area contributed by atoms with E-state index in [2.05, 4.69) is 25.7 Å². The molecule has 0 aliphatic heterocycles. The molecule has 0 aromatic rings. The van der Waals surface area contributed by atoms with Crippen LogP contribution in [0.2, 0.25) is 0 Å². The molecule has 24 heavy (non-hydrogen) atoms. The van der Waals surface area contributed by atoms with Crippen LogP contribution in [-0.4, -0.2) is 14.7 Å². The Labute approximate surface area is 178 Å². The van der Waals surface area contributed by atoms with Gasteiger partial charge in [0.25, 0.3) is 0 Å². The van der Waals surface area contributed by atoms with Crippen LogP contribution in [0.1, 0.15) is 110 Å². The number of unbranched alkanes of at least 4 members (excludes halogenated alkanes) is 15. The Kier molecular flexibility index (Phi) is 30.9. The zero-order valence-electron chi connectivity index (χ0n) is 16.2. The van der Waals surface area contributed by atoms with Gasteiger partial charge < -0.3 is 21.6 Å². The summed E-state index contributed by atoms with van der Waals surface area (Å²) in [5, 5.41) is 0. The molecular weight excluding hydrogens is 350 g/mol. The molecule has 0 saturated heterocycles. The van der Waals surface area contributed by atoms with Crippen LogP contribution in [0.5, 0.6) is 0 Å². The smallest absolute Gasteiger partial charge is 0.343 e. The molecule has 0 bridgehead atoms. The molecule has 3 N–H and O–H groups in total. The molecule has 142 valence electrons. The molecule has 0 unspecified atom stereocenters. The summed E-state index contributed by atoms with van der Waals surface area (Å²) in [5.74, 6) is 0. The normalized spacial score (nSPS) is 10.7. The maximum Gasteiger partial charge on any atom is 1.00 e. The summed E-state index contributed by atoms with van der Waals surface area (Å²) >= 11 is 3.60. The van der Waals surface area contributed by atoms with Crippen molar-refractivity contribution in [3.8, 4) is 0 Å². The van der Waals surface area contributed by atoms with Crippen LogP contribution in [-0.2, 0) is 11.8 Å². The van der Waals surface area contributed by atoms with Crippen molar-refractivity contribution in [2.45, 2.75) is 110 Å². The van der Waals surface area contributed by atoms with Gasteiger partial charge in [-0.05, 0) is 11.8 Å². The Morgan fingerprint density at radius 3 is 1.04 bits per heavy atom. The van der Waals surface area contributed by atoms with Crippen molar-refractivity contribution in [3.63, 3.8) is 0 Å². The first-order chi connectivity index (χ1) is 10.9. The van der Waals surface area contributed by atoms with Gasteiger partial charge in [0.15, 0.2) is 0 Å². The van der Waals surface area contributed by atoms with Crippen LogP contribution >= 0.6 is 6.72 Å². The van der Waals surface area contributed by atoms with Crippen LogP contribution in [0, 0.1) is 6.92 Å². The molecule has 0 aliphatic rings. The standard InChI is InChI=1S/C18H37.Na.H3O3PS/c1-3-5-7-9-11-13-15-17-18-16-14-12-10-8-6-4-2;;1-4(2,3)5/h1,3-18H2,2H3;;(H3,1,2,3,5)/q-1;+1;. The molecule has 0 aliphatic carbocycles. The fourth-order valence-electron chi connectivity index (χ4n) is 2.55. The van der Waals surface area contributed by atoms with Gasteiger partial charge in [0.2, 0.25) is 0 Å². The van der Waals surface area contributed by atoms with E-state index in [1.54, 1.807) is 0 Å². The predicted molar refractivity (Wildman–Crippen MR) is 106 cm³/mol. The first-order valence-corrected chi connectivity index (χ1v) is 12.2. The molecule has 0 aromatic heterocycles. The summed E-state index contributed by atoms with van der Waals surface area (Å²) in [6.45, 7) is 2.37. The van der Waals surface area contributed by atoms with Crippen molar-refractivity contribution in [1.82, 2.24) is 0 Å². The Morgan fingerprint density at radius 2 is 0.833 bits per heavy atom. The van der Waals surface area contributed by atoms with E-state index < -0.39 is 6.72 Å². The van der Waals surface area contributed by atoms with Crippen LogP contribution in [0.4, 0.5) is 0 Å². The van der Waals surface area contributed by atoms with Gasteiger partial charge in [-0.15, -0.1) is 0 Å². The average molecular weight is 391 g/mol. The van der Waals surface area contributed by atoms with E-state index in [0.717, 1.165) is 6.42 Å². The summed E-state index contributed by atoms with van der Waals surface area (Å²) in [4.78, 5) is 22.7. The third-order valence-electron chi connectivity index (χ3n) is 3.85. The minimum Gasteiger partial charge on any atom is -0.343 e. The average Bonchev–Trinajstić information content (AvgIpc) is 2.46. The Morgan fingerprint density at radius 1 is 0.625 bits per heavy atom. The predicted octanol–water partition coefficient (Wildman–Crippen LogP) is 3.27. The van der Waals surface area contributed by atoms with Gasteiger partial charge in [-0.2, -0.15) is 6.42 Å². The fourth-order valence-corrected chi connectivity index (χ4v) is 2.55.